The normalized spacial score (nSPS) is 21.1. The van der Waals surface area contributed by atoms with Gasteiger partial charge in [-0.25, -0.2) is 4.79 Å². The lowest BCUT2D eigenvalue weighted by molar-refractivity contribution is -0.212. The molecular formula is C17H22O5. The Kier molecular flexibility index (Phi) is 6.43. The highest BCUT2D eigenvalue weighted by Crippen LogP contribution is 2.27. The molecule has 0 aliphatic carbocycles. The van der Waals surface area contributed by atoms with E-state index in [9.17, 15) is 4.79 Å². The molecule has 0 saturated carbocycles. The van der Waals surface area contributed by atoms with Crippen molar-refractivity contribution in [1.29, 1.82) is 0 Å². The smallest absolute Gasteiger partial charge is 0.330 e. The standard InChI is InChI=1S/C17H22O5/c1-3-16(18)20-11-4-10-19-15-7-5-14(6-8-15)17-21-12-9-13(2)22-17/h3,5-8,13,17H,1,4,9-12H2,2H3. The topological polar surface area (TPSA) is 54.0 Å². The van der Waals surface area contributed by atoms with E-state index in [-0.39, 0.29) is 12.4 Å². The van der Waals surface area contributed by atoms with Gasteiger partial charge < -0.3 is 18.9 Å². The predicted molar refractivity (Wildman–Crippen MR) is 81.6 cm³/mol. The molecule has 1 aliphatic rings. The van der Waals surface area contributed by atoms with Crippen LogP contribution in [0, 0.1) is 0 Å². The first-order valence-electron chi connectivity index (χ1n) is 7.48. The van der Waals surface area contributed by atoms with Crippen LogP contribution in [0.2, 0.25) is 0 Å². The molecule has 1 aliphatic heterocycles. The van der Waals surface area contributed by atoms with Gasteiger partial charge in [0.15, 0.2) is 6.29 Å². The van der Waals surface area contributed by atoms with Crippen molar-refractivity contribution < 1.29 is 23.7 Å². The minimum atomic E-state index is -0.411. The second kappa shape index (κ2) is 8.56. The summed E-state index contributed by atoms with van der Waals surface area (Å²) in [6.45, 7) is 6.90. The van der Waals surface area contributed by atoms with E-state index in [2.05, 4.69) is 6.58 Å². The quantitative estimate of drug-likeness (QED) is 0.440. The third-order valence-electron chi connectivity index (χ3n) is 3.27. The summed E-state index contributed by atoms with van der Waals surface area (Å²) in [5, 5.41) is 0. The summed E-state index contributed by atoms with van der Waals surface area (Å²) in [6.07, 6.45) is 2.63. The summed E-state index contributed by atoms with van der Waals surface area (Å²) in [5.41, 5.74) is 0.985. The van der Waals surface area contributed by atoms with E-state index in [1.807, 2.05) is 31.2 Å². The number of ether oxygens (including phenoxy) is 4. The van der Waals surface area contributed by atoms with Crippen molar-refractivity contribution in [3.63, 3.8) is 0 Å². The van der Waals surface area contributed by atoms with Gasteiger partial charge in [-0.3, -0.25) is 0 Å². The zero-order valence-corrected chi connectivity index (χ0v) is 12.8. The van der Waals surface area contributed by atoms with E-state index in [0.717, 1.165) is 23.8 Å². The summed E-state index contributed by atoms with van der Waals surface area (Å²) in [7, 11) is 0. The van der Waals surface area contributed by atoms with Crippen LogP contribution in [0.25, 0.3) is 0 Å². The van der Waals surface area contributed by atoms with Gasteiger partial charge in [-0.2, -0.15) is 0 Å². The van der Waals surface area contributed by atoms with Gasteiger partial charge in [0, 0.05) is 18.1 Å². The van der Waals surface area contributed by atoms with E-state index in [1.54, 1.807) is 0 Å². The minimum Gasteiger partial charge on any atom is -0.493 e. The number of hydrogen-bond acceptors (Lipinski definition) is 5. The van der Waals surface area contributed by atoms with Crippen LogP contribution in [0.3, 0.4) is 0 Å². The third kappa shape index (κ3) is 5.16. The average Bonchev–Trinajstić information content (AvgIpc) is 2.55. The van der Waals surface area contributed by atoms with Gasteiger partial charge in [0.1, 0.15) is 5.75 Å². The first kappa shape index (κ1) is 16.5. The molecule has 1 heterocycles. The Hall–Kier alpha value is -1.85. The molecule has 0 radical (unpaired) electrons. The second-order valence-corrected chi connectivity index (χ2v) is 5.08. The van der Waals surface area contributed by atoms with Crippen LogP contribution in [0.4, 0.5) is 0 Å². The number of rotatable bonds is 7. The average molecular weight is 306 g/mol. The Morgan fingerprint density at radius 1 is 1.36 bits per heavy atom. The van der Waals surface area contributed by atoms with Gasteiger partial charge in [-0.05, 0) is 25.5 Å². The summed E-state index contributed by atoms with van der Waals surface area (Å²) >= 11 is 0. The molecule has 0 aromatic heterocycles. The van der Waals surface area contributed by atoms with E-state index in [0.29, 0.717) is 26.2 Å². The molecule has 22 heavy (non-hydrogen) atoms. The van der Waals surface area contributed by atoms with Crippen molar-refractivity contribution in [1.82, 2.24) is 0 Å². The number of carbonyl (C=O) groups is 1. The van der Waals surface area contributed by atoms with Gasteiger partial charge in [-0.1, -0.05) is 18.7 Å². The van der Waals surface area contributed by atoms with E-state index < -0.39 is 5.97 Å². The maximum absolute atomic E-state index is 10.9. The fourth-order valence-electron chi connectivity index (χ4n) is 2.04. The zero-order chi connectivity index (χ0) is 15.8. The molecule has 0 spiro atoms. The molecule has 1 saturated heterocycles. The molecule has 1 aromatic carbocycles. The maximum atomic E-state index is 10.9. The molecule has 5 nitrogen and oxygen atoms in total. The number of hydrogen-bond donors (Lipinski definition) is 0. The van der Waals surface area contributed by atoms with Crippen molar-refractivity contribution in [3.05, 3.63) is 42.5 Å². The monoisotopic (exact) mass is 306 g/mol. The van der Waals surface area contributed by atoms with E-state index in [1.165, 1.54) is 0 Å². The van der Waals surface area contributed by atoms with Crippen LogP contribution in [-0.4, -0.2) is 31.9 Å². The SMILES string of the molecule is C=CC(=O)OCCCOc1ccc(C2OCCC(C)O2)cc1. The Balaban J connectivity index is 1.72. The van der Waals surface area contributed by atoms with Gasteiger partial charge in [0.25, 0.3) is 0 Å². The maximum Gasteiger partial charge on any atom is 0.330 e. The number of benzene rings is 1. The molecular weight excluding hydrogens is 284 g/mol. The first-order chi connectivity index (χ1) is 10.7. The molecule has 0 N–H and O–H groups in total. The first-order valence-corrected chi connectivity index (χ1v) is 7.48. The lowest BCUT2D eigenvalue weighted by Gasteiger charge is -2.28. The van der Waals surface area contributed by atoms with Crippen LogP contribution >= 0.6 is 0 Å². The van der Waals surface area contributed by atoms with Crippen LogP contribution < -0.4 is 4.74 Å². The molecule has 120 valence electrons. The van der Waals surface area contributed by atoms with Gasteiger partial charge in [0.05, 0.1) is 25.9 Å². The van der Waals surface area contributed by atoms with Crippen molar-refractivity contribution >= 4 is 5.97 Å². The fraction of sp³-hybridized carbons (Fsp3) is 0.471. The Morgan fingerprint density at radius 2 is 2.14 bits per heavy atom. The Labute approximate surface area is 130 Å². The largest absolute Gasteiger partial charge is 0.493 e. The van der Waals surface area contributed by atoms with Crippen molar-refractivity contribution in [3.8, 4) is 5.75 Å². The Bertz CT molecular complexity index is 482. The summed E-state index contributed by atoms with van der Waals surface area (Å²) in [5.74, 6) is 0.355. The van der Waals surface area contributed by atoms with Crippen LogP contribution in [-0.2, 0) is 19.0 Å². The van der Waals surface area contributed by atoms with Crippen LogP contribution in [0.5, 0.6) is 5.75 Å². The minimum absolute atomic E-state index is 0.216. The highest BCUT2D eigenvalue weighted by atomic mass is 16.7. The molecule has 2 rings (SSSR count). The molecule has 2 unspecified atom stereocenters. The zero-order valence-electron chi connectivity index (χ0n) is 12.8. The van der Waals surface area contributed by atoms with Crippen LogP contribution in [0.1, 0.15) is 31.6 Å². The molecule has 1 aromatic rings. The lowest BCUT2D eigenvalue weighted by Crippen LogP contribution is -2.24. The summed E-state index contributed by atoms with van der Waals surface area (Å²) in [4.78, 5) is 10.9. The third-order valence-corrected chi connectivity index (χ3v) is 3.27. The summed E-state index contributed by atoms with van der Waals surface area (Å²) in [6, 6.07) is 7.65. The van der Waals surface area contributed by atoms with Gasteiger partial charge >= 0.3 is 5.97 Å². The molecule has 0 bridgehead atoms. The lowest BCUT2D eigenvalue weighted by atomic mass is 10.2. The highest BCUT2D eigenvalue weighted by molar-refractivity contribution is 5.81. The Morgan fingerprint density at radius 3 is 2.82 bits per heavy atom. The molecule has 5 heteroatoms. The van der Waals surface area contributed by atoms with Crippen molar-refractivity contribution in [2.24, 2.45) is 0 Å². The molecule has 0 amide bonds. The van der Waals surface area contributed by atoms with E-state index >= 15 is 0 Å². The second-order valence-electron chi connectivity index (χ2n) is 5.08. The van der Waals surface area contributed by atoms with Gasteiger partial charge in [-0.15, -0.1) is 0 Å². The summed E-state index contributed by atoms with van der Waals surface area (Å²) < 4.78 is 21.8. The van der Waals surface area contributed by atoms with Crippen LogP contribution in [0.15, 0.2) is 36.9 Å². The highest BCUT2D eigenvalue weighted by Gasteiger charge is 2.21. The fourth-order valence-corrected chi connectivity index (χ4v) is 2.04. The van der Waals surface area contributed by atoms with Gasteiger partial charge in [0.2, 0.25) is 0 Å². The molecule has 2 atom stereocenters. The van der Waals surface area contributed by atoms with E-state index in [4.69, 9.17) is 18.9 Å². The molecule has 1 fully saturated rings. The number of esters is 1. The van der Waals surface area contributed by atoms with Crippen molar-refractivity contribution in [2.75, 3.05) is 19.8 Å². The predicted octanol–water partition coefficient (Wildman–Crippen LogP) is 3.01. The number of carbonyl (C=O) groups excluding carboxylic acids is 1. The van der Waals surface area contributed by atoms with Crippen molar-refractivity contribution in [2.45, 2.75) is 32.2 Å².